The predicted molar refractivity (Wildman–Crippen MR) is 112 cm³/mol. The fraction of sp³-hybridized carbons (Fsp3) is 0.304. The molecule has 0 spiro atoms. The Bertz CT molecular complexity index is 887. The minimum absolute atomic E-state index is 0.149. The molecule has 1 aliphatic heterocycles. The third-order valence-corrected chi connectivity index (χ3v) is 5.88. The SMILES string of the molecule is CCCCN1C(=O)C(SCc2ccccc2)=C(c2ccc(C)cc2C)C1=O. The van der Waals surface area contributed by atoms with E-state index in [0.717, 1.165) is 35.1 Å². The number of unbranched alkanes of at least 4 members (excludes halogenated alkanes) is 1. The van der Waals surface area contributed by atoms with Crippen molar-refractivity contribution in [3.63, 3.8) is 0 Å². The Morgan fingerprint density at radius 1 is 0.963 bits per heavy atom. The normalized spacial score (nSPS) is 14.4. The van der Waals surface area contributed by atoms with Crippen LogP contribution in [-0.2, 0) is 15.3 Å². The second-order valence-electron chi connectivity index (χ2n) is 6.91. The first-order chi connectivity index (χ1) is 13.0. The number of hydrogen-bond donors (Lipinski definition) is 0. The van der Waals surface area contributed by atoms with Crippen molar-refractivity contribution in [3.05, 3.63) is 75.7 Å². The largest absolute Gasteiger partial charge is 0.274 e. The Kier molecular flexibility index (Phi) is 6.17. The lowest BCUT2D eigenvalue weighted by molar-refractivity contribution is -0.136. The molecule has 1 aliphatic rings. The van der Waals surface area contributed by atoms with Gasteiger partial charge in [-0.1, -0.05) is 67.4 Å². The van der Waals surface area contributed by atoms with E-state index < -0.39 is 0 Å². The van der Waals surface area contributed by atoms with E-state index in [1.165, 1.54) is 16.7 Å². The average Bonchev–Trinajstić information content (AvgIpc) is 2.89. The van der Waals surface area contributed by atoms with Gasteiger partial charge in [-0.15, -0.1) is 11.8 Å². The summed E-state index contributed by atoms with van der Waals surface area (Å²) in [5.41, 5.74) is 4.75. The van der Waals surface area contributed by atoms with Crippen molar-refractivity contribution in [2.24, 2.45) is 0 Å². The monoisotopic (exact) mass is 379 g/mol. The molecule has 2 aromatic rings. The summed E-state index contributed by atoms with van der Waals surface area (Å²) in [6.45, 7) is 6.58. The van der Waals surface area contributed by atoms with Gasteiger partial charge in [0.25, 0.3) is 11.8 Å². The van der Waals surface area contributed by atoms with Crippen LogP contribution in [0.25, 0.3) is 5.57 Å². The maximum Gasteiger partial charge on any atom is 0.267 e. The number of aryl methyl sites for hydroxylation is 2. The Morgan fingerprint density at radius 3 is 2.37 bits per heavy atom. The quantitative estimate of drug-likeness (QED) is 0.627. The molecule has 0 radical (unpaired) electrons. The molecule has 2 amide bonds. The lowest BCUT2D eigenvalue weighted by Gasteiger charge is -2.14. The van der Waals surface area contributed by atoms with Crippen LogP contribution in [0.3, 0.4) is 0 Å². The smallest absolute Gasteiger partial charge is 0.267 e. The average molecular weight is 380 g/mol. The molecule has 3 rings (SSSR count). The fourth-order valence-electron chi connectivity index (χ4n) is 3.27. The topological polar surface area (TPSA) is 37.4 Å². The lowest BCUT2D eigenvalue weighted by Crippen LogP contribution is -2.32. The maximum absolute atomic E-state index is 13.1. The molecule has 27 heavy (non-hydrogen) atoms. The van der Waals surface area contributed by atoms with E-state index in [1.807, 2.05) is 56.3 Å². The Labute approximate surface area is 165 Å². The van der Waals surface area contributed by atoms with E-state index >= 15 is 0 Å². The van der Waals surface area contributed by atoms with Gasteiger partial charge >= 0.3 is 0 Å². The maximum atomic E-state index is 13.1. The van der Waals surface area contributed by atoms with Gasteiger partial charge in [-0.25, -0.2) is 0 Å². The highest BCUT2D eigenvalue weighted by Crippen LogP contribution is 2.38. The van der Waals surface area contributed by atoms with Gasteiger partial charge in [-0.3, -0.25) is 14.5 Å². The molecule has 1 heterocycles. The zero-order valence-electron chi connectivity index (χ0n) is 16.1. The van der Waals surface area contributed by atoms with Gasteiger partial charge < -0.3 is 0 Å². The second kappa shape index (κ2) is 8.57. The van der Waals surface area contributed by atoms with E-state index in [-0.39, 0.29) is 11.8 Å². The summed E-state index contributed by atoms with van der Waals surface area (Å²) in [5, 5.41) is 0. The number of rotatable bonds is 7. The number of imide groups is 1. The molecule has 0 aliphatic carbocycles. The van der Waals surface area contributed by atoms with Gasteiger partial charge in [0, 0.05) is 12.3 Å². The number of carbonyl (C=O) groups is 2. The summed E-state index contributed by atoms with van der Waals surface area (Å²) in [6.07, 6.45) is 1.77. The molecule has 0 atom stereocenters. The molecule has 0 fully saturated rings. The highest BCUT2D eigenvalue weighted by Gasteiger charge is 2.39. The molecule has 3 nitrogen and oxygen atoms in total. The van der Waals surface area contributed by atoms with Crippen molar-refractivity contribution in [1.29, 1.82) is 0 Å². The zero-order chi connectivity index (χ0) is 19.4. The minimum atomic E-state index is -0.157. The number of carbonyl (C=O) groups excluding carboxylic acids is 2. The number of nitrogens with zero attached hydrogens (tertiary/aromatic N) is 1. The van der Waals surface area contributed by atoms with Gasteiger partial charge in [0.05, 0.1) is 10.5 Å². The van der Waals surface area contributed by atoms with Crippen molar-refractivity contribution >= 4 is 29.1 Å². The van der Waals surface area contributed by atoms with Crippen LogP contribution in [0, 0.1) is 13.8 Å². The van der Waals surface area contributed by atoms with Gasteiger partial charge in [-0.05, 0) is 37.0 Å². The Balaban J connectivity index is 1.98. The van der Waals surface area contributed by atoms with Gasteiger partial charge in [0.2, 0.25) is 0 Å². The van der Waals surface area contributed by atoms with E-state index in [2.05, 4.69) is 13.0 Å². The molecule has 140 valence electrons. The van der Waals surface area contributed by atoms with Crippen molar-refractivity contribution in [2.75, 3.05) is 6.54 Å². The molecule has 4 heteroatoms. The standard InChI is InChI=1S/C23H25NO2S/c1-4-5-13-24-22(25)20(19-12-11-16(2)14-17(19)3)21(23(24)26)27-15-18-9-7-6-8-10-18/h6-12,14H,4-5,13,15H2,1-3H3. The number of amides is 2. The van der Waals surface area contributed by atoms with Gasteiger partial charge in [0.1, 0.15) is 0 Å². The molecule has 0 N–H and O–H groups in total. The fourth-order valence-corrected chi connectivity index (χ4v) is 4.35. The van der Waals surface area contributed by atoms with E-state index in [9.17, 15) is 9.59 Å². The number of thioether (sulfide) groups is 1. The highest BCUT2D eigenvalue weighted by atomic mass is 32.2. The van der Waals surface area contributed by atoms with E-state index in [0.29, 0.717) is 22.8 Å². The van der Waals surface area contributed by atoms with Crippen molar-refractivity contribution in [3.8, 4) is 0 Å². The summed E-state index contributed by atoms with van der Waals surface area (Å²) < 4.78 is 0. The summed E-state index contributed by atoms with van der Waals surface area (Å²) in [4.78, 5) is 28.1. The lowest BCUT2D eigenvalue weighted by atomic mass is 9.99. The van der Waals surface area contributed by atoms with Crippen molar-refractivity contribution in [1.82, 2.24) is 4.90 Å². The molecular formula is C23H25NO2S. The highest BCUT2D eigenvalue weighted by molar-refractivity contribution is 8.03. The van der Waals surface area contributed by atoms with Crippen LogP contribution in [0.5, 0.6) is 0 Å². The molecule has 0 aromatic heterocycles. The van der Waals surface area contributed by atoms with Crippen LogP contribution in [0.15, 0.2) is 53.4 Å². The van der Waals surface area contributed by atoms with Crippen molar-refractivity contribution in [2.45, 2.75) is 39.4 Å². The van der Waals surface area contributed by atoms with E-state index in [4.69, 9.17) is 0 Å². The first kappa shape index (κ1) is 19.4. The minimum Gasteiger partial charge on any atom is -0.274 e. The Hall–Kier alpha value is -2.33. The number of benzene rings is 2. The van der Waals surface area contributed by atoms with Crippen LogP contribution in [0.2, 0.25) is 0 Å². The summed E-state index contributed by atoms with van der Waals surface area (Å²) >= 11 is 1.47. The van der Waals surface area contributed by atoms with Crippen LogP contribution in [-0.4, -0.2) is 23.3 Å². The summed E-state index contributed by atoms with van der Waals surface area (Å²) in [7, 11) is 0. The predicted octanol–water partition coefficient (Wildman–Crippen LogP) is 5.12. The molecule has 0 saturated heterocycles. The Morgan fingerprint density at radius 2 is 1.70 bits per heavy atom. The van der Waals surface area contributed by atoms with Crippen molar-refractivity contribution < 1.29 is 9.59 Å². The first-order valence-corrected chi connectivity index (χ1v) is 10.4. The van der Waals surface area contributed by atoms with Crippen LogP contribution in [0.4, 0.5) is 0 Å². The third kappa shape index (κ3) is 4.16. The van der Waals surface area contributed by atoms with Crippen LogP contribution < -0.4 is 0 Å². The third-order valence-electron chi connectivity index (χ3n) is 4.74. The summed E-state index contributed by atoms with van der Waals surface area (Å²) in [6, 6.07) is 16.1. The molecule has 2 aromatic carbocycles. The molecule has 0 saturated carbocycles. The first-order valence-electron chi connectivity index (χ1n) is 9.37. The molecule has 0 bridgehead atoms. The molecular weight excluding hydrogens is 354 g/mol. The number of hydrogen-bond acceptors (Lipinski definition) is 3. The van der Waals surface area contributed by atoms with Gasteiger partial charge in [0.15, 0.2) is 0 Å². The summed E-state index contributed by atoms with van der Waals surface area (Å²) in [5.74, 6) is 0.367. The second-order valence-corrected chi connectivity index (χ2v) is 7.90. The van der Waals surface area contributed by atoms with Crippen LogP contribution >= 0.6 is 11.8 Å². The molecule has 0 unspecified atom stereocenters. The zero-order valence-corrected chi connectivity index (χ0v) is 16.9. The van der Waals surface area contributed by atoms with Gasteiger partial charge in [-0.2, -0.15) is 0 Å². The van der Waals surface area contributed by atoms with Crippen LogP contribution in [0.1, 0.15) is 42.0 Å². The van der Waals surface area contributed by atoms with E-state index in [1.54, 1.807) is 0 Å².